The molecule has 1 aromatic heterocycles. The fraction of sp³-hybridized carbons (Fsp3) is 0.400. The van der Waals surface area contributed by atoms with Crippen molar-refractivity contribution in [1.29, 1.82) is 0 Å². The summed E-state index contributed by atoms with van der Waals surface area (Å²) in [6, 6.07) is 16.9. The highest BCUT2D eigenvalue weighted by Crippen LogP contribution is 2.47. The number of benzene rings is 2. The predicted octanol–water partition coefficient (Wildman–Crippen LogP) is 2.66. The van der Waals surface area contributed by atoms with Crippen LogP contribution in [0.3, 0.4) is 0 Å². The quantitative estimate of drug-likeness (QED) is 0.368. The lowest BCUT2D eigenvalue weighted by atomic mass is 9.76. The maximum Gasteiger partial charge on any atom is 0.247 e. The highest BCUT2D eigenvalue weighted by atomic mass is 16.5. The van der Waals surface area contributed by atoms with Gasteiger partial charge in [0.2, 0.25) is 11.8 Å². The summed E-state index contributed by atoms with van der Waals surface area (Å²) in [6.45, 7) is 0.341. The Labute approximate surface area is 221 Å². The molecule has 0 saturated heterocycles. The maximum absolute atomic E-state index is 13.7. The first kappa shape index (κ1) is 24.7. The molecular weight excluding hydrogens is 482 g/mol. The van der Waals surface area contributed by atoms with Crippen LogP contribution in [-0.4, -0.2) is 69.9 Å². The van der Waals surface area contributed by atoms with Gasteiger partial charge >= 0.3 is 0 Å². The molecule has 4 unspecified atom stereocenters. The number of para-hydroxylation sites is 2. The number of rotatable bonds is 8. The van der Waals surface area contributed by atoms with Crippen LogP contribution in [0.5, 0.6) is 5.75 Å². The highest BCUT2D eigenvalue weighted by Gasteiger charge is 2.50. The van der Waals surface area contributed by atoms with Crippen molar-refractivity contribution < 1.29 is 24.5 Å². The van der Waals surface area contributed by atoms with Gasteiger partial charge < -0.3 is 30.2 Å². The molecule has 8 nitrogen and oxygen atoms in total. The predicted molar refractivity (Wildman–Crippen MR) is 143 cm³/mol. The number of aromatic amines is 1. The molecule has 1 fully saturated rings. The van der Waals surface area contributed by atoms with E-state index in [1.165, 1.54) is 0 Å². The number of aliphatic hydroxyl groups is 2. The van der Waals surface area contributed by atoms with Crippen LogP contribution in [0.15, 0.2) is 66.2 Å². The Bertz CT molecular complexity index is 1340. The van der Waals surface area contributed by atoms with E-state index in [1.54, 1.807) is 11.0 Å². The minimum atomic E-state index is -1.01. The van der Waals surface area contributed by atoms with Crippen LogP contribution in [0.1, 0.15) is 36.4 Å². The number of nitrogens with zero attached hydrogens (tertiary/aromatic N) is 1. The third-order valence-electron chi connectivity index (χ3n) is 8.18. The summed E-state index contributed by atoms with van der Waals surface area (Å²) in [5.41, 5.74) is 3.35. The maximum atomic E-state index is 13.7. The minimum absolute atomic E-state index is 0.0109. The number of ether oxygens (including phenoxy) is 1. The van der Waals surface area contributed by atoms with E-state index in [0.717, 1.165) is 41.4 Å². The van der Waals surface area contributed by atoms with Crippen LogP contribution < -0.4 is 10.1 Å². The molecule has 4 atom stereocenters. The first-order chi connectivity index (χ1) is 18.5. The van der Waals surface area contributed by atoms with Gasteiger partial charge in [0.25, 0.3) is 0 Å². The Kier molecular flexibility index (Phi) is 6.68. The third kappa shape index (κ3) is 4.37. The van der Waals surface area contributed by atoms with Crippen LogP contribution in [0.25, 0.3) is 10.9 Å². The van der Waals surface area contributed by atoms with Gasteiger partial charge in [-0.2, -0.15) is 0 Å². The molecule has 4 N–H and O–H groups in total. The van der Waals surface area contributed by atoms with E-state index in [9.17, 15) is 19.8 Å². The molecule has 2 aliphatic carbocycles. The lowest BCUT2D eigenvalue weighted by Crippen LogP contribution is -2.57. The van der Waals surface area contributed by atoms with Crippen LogP contribution in [0, 0.1) is 5.92 Å². The number of amides is 2. The lowest BCUT2D eigenvalue weighted by Gasteiger charge is -2.42. The van der Waals surface area contributed by atoms with Gasteiger partial charge in [-0.05, 0) is 42.5 Å². The Morgan fingerprint density at radius 1 is 1.11 bits per heavy atom. The van der Waals surface area contributed by atoms with Gasteiger partial charge in [-0.1, -0.05) is 42.8 Å². The zero-order chi connectivity index (χ0) is 26.2. The molecule has 0 bridgehead atoms. The molecule has 2 amide bonds. The summed E-state index contributed by atoms with van der Waals surface area (Å²) >= 11 is 0. The summed E-state index contributed by atoms with van der Waals surface area (Å²) in [4.78, 5) is 32.2. The van der Waals surface area contributed by atoms with Gasteiger partial charge in [-0.3, -0.25) is 9.59 Å². The van der Waals surface area contributed by atoms with Gasteiger partial charge in [0.05, 0.1) is 18.6 Å². The van der Waals surface area contributed by atoms with E-state index < -0.39 is 24.2 Å². The summed E-state index contributed by atoms with van der Waals surface area (Å²) in [5.74, 6) is -0.192. The molecule has 8 heteroatoms. The molecular formula is C30H33N3O5. The van der Waals surface area contributed by atoms with Crippen LogP contribution in [0.4, 0.5) is 0 Å². The second-order valence-corrected chi connectivity index (χ2v) is 10.5. The standard InChI is InChI=1S/C30H33N3O5/c34-15-13-31-29(36)22-17-24(27(35)28-26(22)21-9-2-4-11-25(21)38-28)33(30(37)18-7-5-8-18)14-12-20-16-19-6-1-3-10-23(19)32-20/h1-4,6,9-11,16-18,24,26-28,32,34-35H,5,7-8,12-15H2,(H,31,36). The second-order valence-electron chi connectivity index (χ2n) is 10.5. The number of hydrogen-bond acceptors (Lipinski definition) is 5. The Morgan fingerprint density at radius 3 is 2.66 bits per heavy atom. The van der Waals surface area contributed by atoms with E-state index in [2.05, 4.69) is 16.4 Å². The smallest absolute Gasteiger partial charge is 0.247 e. The van der Waals surface area contributed by atoms with E-state index in [1.807, 2.05) is 48.5 Å². The molecule has 198 valence electrons. The summed E-state index contributed by atoms with van der Waals surface area (Å²) < 4.78 is 6.21. The van der Waals surface area contributed by atoms with Gasteiger partial charge in [0.1, 0.15) is 18.0 Å². The molecule has 0 spiro atoms. The average molecular weight is 516 g/mol. The van der Waals surface area contributed by atoms with E-state index in [0.29, 0.717) is 24.3 Å². The van der Waals surface area contributed by atoms with Gasteiger partial charge in [0, 0.05) is 47.8 Å². The Morgan fingerprint density at radius 2 is 1.89 bits per heavy atom. The second kappa shape index (κ2) is 10.3. The average Bonchev–Trinajstić information content (AvgIpc) is 3.49. The van der Waals surface area contributed by atoms with Crippen molar-refractivity contribution in [3.8, 4) is 5.75 Å². The first-order valence-electron chi connectivity index (χ1n) is 13.5. The Balaban J connectivity index is 1.34. The molecule has 38 heavy (non-hydrogen) atoms. The van der Waals surface area contributed by atoms with Gasteiger partial charge in [-0.25, -0.2) is 0 Å². The van der Waals surface area contributed by atoms with Crippen molar-refractivity contribution in [2.75, 3.05) is 19.7 Å². The molecule has 3 aromatic rings. The number of H-pyrrole nitrogens is 1. The van der Waals surface area contributed by atoms with Crippen molar-refractivity contribution in [2.24, 2.45) is 5.92 Å². The SMILES string of the molecule is O=C(NCCO)C1=CC(N(CCc2cc3ccccc3[nH]2)C(=O)C2CCC2)C(O)C2Oc3ccccc3C12. The van der Waals surface area contributed by atoms with E-state index in [4.69, 9.17) is 4.74 Å². The van der Waals surface area contributed by atoms with E-state index >= 15 is 0 Å². The zero-order valence-corrected chi connectivity index (χ0v) is 21.2. The van der Waals surface area contributed by atoms with Crippen LogP contribution >= 0.6 is 0 Å². The number of hydrogen-bond donors (Lipinski definition) is 4. The third-order valence-corrected chi connectivity index (χ3v) is 8.18. The summed E-state index contributed by atoms with van der Waals surface area (Å²) in [7, 11) is 0. The Hall–Kier alpha value is -3.62. The molecule has 2 heterocycles. The van der Waals surface area contributed by atoms with Crippen molar-refractivity contribution in [3.63, 3.8) is 0 Å². The van der Waals surface area contributed by atoms with Crippen molar-refractivity contribution in [3.05, 3.63) is 77.5 Å². The number of nitrogens with one attached hydrogen (secondary N) is 2. The van der Waals surface area contributed by atoms with Crippen molar-refractivity contribution >= 4 is 22.7 Å². The number of aromatic nitrogens is 1. The molecule has 1 saturated carbocycles. The molecule has 0 radical (unpaired) electrons. The molecule has 2 aromatic carbocycles. The number of carbonyl (C=O) groups is 2. The topological polar surface area (TPSA) is 115 Å². The monoisotopic (exact) mass is 515 g/mol. The minimum Gasteiger partial charge on any atom is -0.486 e. The lowest BCUT2D eigenvalue weighted by molar-refractivity contribution is -0.144. The summed E-state index contributed by atoms with van der Waals surface area (Å²) in [6.07, 6.45) is 3.35. The fourth-order valence-corrected chi connectivity index (χ4v) is 6.00. The van der Waals surface area contributed by atoms with Gasteiger partial charge in [0.15, 0.2) is 0 Å². The summed E-state index contributed by atoms with van der Waals surface area (Å²) in [5, 5.41) is 24.8. The van der Waals surface area contributed by atoms with E-state index in [-0.39, 0.29) is 30.9 Å². The number of carbonyl (C=O) groups excluding carboxylic acids is 2. The zero-order valence-electron chi connectivity index (χ0n) is 21.2. The van der Waals surface area contributed by atoms with Crippen molar-refractivity contribution in [2.45, 2.75) is 49.9 Å². The highest BCUT2D eigenvalue weighted by molar-refractivity contribution is 5.96. The van der Waals surface area contributed by atoms with Crippen LogP contribution in [-0.2, 0) is 16.0 Å². The molecule has 1 aliphatic heterocycles. The first-order valence-corrected chi connectivity index (χ1v) is 13.5. The molecule has 3 aliphatic rings. The van der Waals surface area contributed by atoms with Crippen LogP contribution in [0.2, 0.25) is 0 Å². The largest absolute Gasteiger partial charge is 0.486 e. The van der Waals surface area contributed by atoms with Gasteiger partial charge in [-0.15, -0.1) is 0 Å². The number of aliphatic hydroxyl groups excluding tert-OH is 2. The molecule has 6 rings (SSSR count). The van der Waals surface area contributed by atoms with Crippen molar-refractivity contribution in [1.82, 2.24) is 15.2 Å². The normalized spacial score (nSPS) is 24.1. The fourth-order valence-electron chi connectivity index (χ4n) is 6.00. The number of fused-ring (bicyclic) bond motifs is 4.